The van der Waals surface area contributed by atoms with Crippen LogP contribution >= 0.6 is 7.75 Å². The first-order chi connectivity index (χ1) is 25.0. The third-order valence-corrected chi connectivity index (χ3v) is 14.3. The fraction of sp³-hybridized carbons (Fsp3) is 0.268. The molecule has 3 aliphatic carbocycles. The second-order valence-corrected chi connectivity index (χ2v) is 17.8. The Hall–Kier alpha value is -4.37. The molecular weight excluding hydrogens is 706 g/mol. The van der Waals surface area contributed by atoms with Gasteiger partial charge in [0.25, 0.3) is 0 Å². The van der Waals surface area contributed by atoms with Crippen LogP contribution in [0, 0.1) is 11.8 Å². The molecule has 5 aromatic carbocycles. The Morgan fingerprint density at radius 2 is 1.37 bits per heavy atom. The van der Waals surface area contributed by atoms with Crippen LogP contribution in [0.4, 0.5) is 13.2 Å². The highest BCUT2D eigenvalue weighted by Gasteiger charge is 2.54. The van der Waals surface area contributed by atoms with E-state index >= 15 is 0 Å². The van der Waals surface area contributed by atoms with E-state index in [4.69, 9.17) is 9.05 Å². The van der Waals surface area contributed by atoms with E-state index in [1.54, 1.807) is 0 Å². The van der Waals surface area contributed by atoms with Gasteiger partial charge in [0.15, 0.2) is 0 Å². The summed E-state index contributed by atoms with van der Waals surface area (Å²) < 4.78 is 96.4. The second-order valence-electron chi connectivity index (χ2n) is 14.2. The molecule has 1 aliphatic heterocycles. The monoisotopic (exact) mass is 741 g/mol. The van der Waals surface area contributed by atoms with Crippen LogP contribution in [0.25, 0.3) is 43.8 Å². The Morgan fingerprint density at radius 3 is 2.08 bits per heavy atom. The van der Waals surface area contributed by atoms with Gasteiger partial charge < -0.3 is 9.05 Å². The van der Waals surface area contributed by atoms with Gasteiger partial charge in [-0.1, -0.05) is 96.2 Å². The summed E-state index contributed by atoms with van der Waals surface area (Å²) in [5, 5.41) is 3.87. The molecule has 52 heavy (non-hydrogen) atoms. The van der Waals surface area contributed by atoms with E-state index in [9.17, 15) is 26.2 Å². The minimum Gasteiger partial charge on any atom is -0.403 e. The lowest BCUT2D eigenvalue weighted by molar-refractivity contribution is -0.0443. The van der Waals surface area contributed by atoms with Crippen LogP contribution < -0.4 is 9.02 Å². The minimum atomic E-state index is -6.18. The van der Waals surface area contributed by atoms with Crippen LogP contribution in [0.15, 0.2) is 103 Å². The number of benzene rings is 5. The first-order valence-electron chi connectivity index (χ1n) is 17.7. The Kier molecular flexibility index (Phi) is 7.95. The number of fused-ring (bicyclic) bond motifs is 8. The van der Waals surface area contributed by atoms with Crippen LogP contribution in [0.3, 0.4) is 0 Å². The molecule has 0 amide bonds. The van der Waals surface area contributed by atoms with Crippen LogP contribution in [0.2, 0.25) is 0 Å². The van der Waals surface area contributed by atoms with Crippen LogP contribution in [0.5, 0.6) is 5.75 Å². The fourth-order valence-corrected chi connectivity index (χ4v) is 11.4. The molecule has 0 aromatic heterocycles. The summed E-state index contributed by atoms with van der Waals surface area (Å²) in [4.78, 5) is 0. The number of allylic oxidation sites excluding steroid dienone is 3. The van der Waals surface area contributed by atoms with Crippen molar-refractivity contribution < 1.29 is 35.2 Å². The van der Waals surface area contributed by atoms with E-state index in [2.05, 4.69) is 6.08 Å². The average molecular weight is 742 g/mol. The van der Waals surface area contributed by atoms with E-state index in [0.29, 0.717) is 28.7 Å². The van der Waals surface area contributed by atoms with E-state index in [1.807, 2.05) is 91.0 Å². The number of nitrogens with one attached hydrogen (secondary N) is 1. The second kappa shape index (κ2) is 12.4. The maximum Gasteiger partial charge on any atom is 0.526 e. The Labute approximate surface area is 300 Å². The maximum absolute atomic E-state index is 15.0. The van der Waals surface area contributed by atoms with E-state index < -0.39 is 23.3 Å². The van der Waals surface area contributed by atoms with Crippen molar-refractivity contribution in [2.24, 2.45) is 11.8 Å². The van der Waals surface area contributed by atoms with Crippen molar-refractivity contribution in [2.45, 2.75) is 56.9 Å². The van der Waals surface area contributed by atoms with Crippen molar-refractivity contribution in [1.82, 2.24) is 4.49 Å². The molecule has 0 bridgehead atoms. The summed E-state index contributed by atoms with van der Waals surface area (Å²) in [5.41, 5.74) is 0.230. The summed E-state index contributed by atoms with van der Waals surface area (Å²) in [6.07, 6.45) is 9.00. The molecule has 4 aliphatic rings. The lowest BCUT2D eigenvalue weighted by Gasteiger charge is -2.38. The van der Waals surface area contributed by atoms with E-state index in [1.165, 1.54) is 4.49 Å². The molecule has 3 unspecified atom stereocenters. The number of rotatable bonds is 4. The van der Waals surface area contributed by atoms with E-state index in [0.717, 1.165) is 88.8 Å². The molecule has 9 rings (SSSR count). The average Bonchev–Trinajstić information content (AvgIpc) is 3.27. The number of alkyl halides is 3. The molecule has 3 atom stereocenters. The zero-order chi connectivity index (χ0) is 35.8. The lowest BCUT2D eigenvalue weighted by Crippen LogP contribution is -2.36. The molecule has 1 N–H and O–H groups in total. The van der Waals surface area contributed by atoms with Crippen LogP contribution in [-0.2, 0) is 32.0 Å². The normalized spacial score (nSPS) is 23.0. The fourth-order valence-electron chi connectivity index (χ4n) is 8.63. The molecule has 6 nitrogen and oxygen atoms in total. The molecule has 11 heteroatoms. The molecule has 1 saturated carbocycles. The van der Waals surface area contributed by atoms with Crippen molar-refractivity contribution in [3.05, 3.63) is 125 Å². The third kappa shape index (κ3) is 5.67. The summed E-state index contributed by atoms with van der Waals surface area (Å²) in [6.45, 7) is 0. The highest BCUT2D eigenvalue weighted by molar-refractivity contribution is 7.95. The summed E-state index contributed by atoms with van der Waals surface area (Å²) in [5.74, 6) is 0.143. The lowest BCUT2D eigenvalue weighted by atomic mass is 9.66. The van der Waals surface area contributed by atoms with Gasteiger partial charge in [0.05, 0.1) is 0 Å². The highest BCUT2D eigenvalue weighted by atomic mass is 32.2. The standard InChI is InChI=1S/C41H35F3NO5PS/c42-41(43,44)52(47,48)45-51(46)49-39-35(31-19-17-25-9-1-3-11-27(25)21-31)23-29-13-5-7-15-33(29)37(39)38-34-16-8-6-14-30(34)24-36(40(38)50-51)32-20-18-26-10-2-4-12-28(26)22-32/h1-4,9-12,17-24,29,33H,5-8,13-16H2,(H,45,46). The number of hydrogen-bond acceptors (Lipinski definition) is 5. The van der Waals surface area contributed by atoms with Gasteiger partial charge >= 0.3 is 23.3 Å². The van der Waals surface area contributed by atoms with Gasteiger partial charge in [0, 0.05) is 22.3 Å². The number of aryl methyl sites for hydroxylation is 1. The van der Waals surface area contributed by atoms with Gasteiger partial charge in [0.2, 0.25) is 0 Å². The molecule has 0 radical (unpaired) electrons. The molecule has 5 aromatic rings. The first-order valence-corrected chi connectivity index (χ1v) is 20.7. The third-order valence-electron chi connectivity index (χ3n) is 11.0. The SMILES string of the molecule is O=P1(NS(=O)(=O)C(F)(F)F)OC2=C(c3c4c(cc(-c5ccc6ccccc6c5)c3O1)CCCC4)C1CCCCC1C=C2c1ccc2ccccc2c1. The topological polar surface area (TPSA) is 81.7 Å². The van der Waals surface area contributed by atoms with Gasteiger partial charge in [0.1, 0.15) is 11.5 Å². The summed E-state index contributed by atoms with van der Waals surface area (Å²) in [7, 11) is -11.5. The van der Waals surface area contributed by atoms with Gasteiger partial charge in [-0.15, -0.1) is 0 Å². The van der Waals surface area contributed by atoms with Crippen LogP contribution in [-0.4, -0.2) is 13.9 Å². The smallest absolute Gasteiger partial charge is 0.403 e. The zero-order valence-corrected chi connectivity index (χ0v) is 29.8. The van der Waals surface area contributed by atoms with Crippen molar-refractivity contribution >= 4 is 50.5 Å². The van der Waals surface area contributed by atoms with E-state index in [-0.39, 0.29) is 23.3 Å². The Bertz CT molecular complexity index is 2530. The van der Waals surface area contributed by atoms with Crippen molar-refractivity contribution in [1.29, 1.82) is 0 Å². The molecule has 1 fully saturated rings. The van der Waals surface area contributed by atoms with Gasteiger partial charge in [-0.05, 0) is 112 Å². The van der Waals surface area contributed by atoms with Crippen molar-refractivity contribution in [2.75, 3.05) is 0 Å². The molecule has 0 spiro atoms. The number of hydrogen-bond donors (Lipinski definition) is 1. The molecular formula is C41H35F3NO5PS. The largest absolute Gasteiger partial charge is 0.526 e. The highest BCUT2D eigenvalue weighted by Crippen LogP contribution is 2.63. The Balaban J connectivity index is 1.36. The van der Waals surface area contributed by atoms with Crippen molar-refractivity contribution in [3.8, 4) is 16.9 Å². The minimum absolute atomic E-state index is 0.0679. The van der Waals surface area contributed by atoms with Gasteiger partial charge in [-0.2, -0.15) is 13.2 Å². The Morgan fingerprint density at radius 1 is 0.731 bits per heavy atom. The van der Waals surface area contributed by atoms with Crippen LogP contribution in [0.1, 0.15) is 60.8 Å². The molecule has 0 saturated heterocycles. The van der Waals surface area contributed by atoms with Gasteiger partial charge in [-0.3, -0.25) is 0 Å². The van der Waals surface area contributed by atoms with Gasteiger partial charge in [-0.25, -0.2) is 13.0 Å². The number of halogens is 3. The summed E-state index contributed by atoms with van der Waals surface area (Å²) >= 11 is 0. The number of sulfonamides is 1. The quantitative estimate of drug-likeness (QED) is 0.186. The first kappa shape index (κ1) is 33.5. The molecule has 266 valence electrons. The predicted octanol–water partition coefficient (Wildman–Crippen LogP) is 11.1. The summed E-state index contributed by atoms with van der Waals surface area (Å²) in [6, 6.07) is 29.3. The maximum atomic E-state index is 15.0. The zero-order valence-electron chi connectivity index (χ0n) is 28.1. The molecule has 1 heterocycles. The van der Waals surface area contributed by atoms with Crippen molar-refractivity contribution in [3.63, 3.8) is 0 Å². The predicted molar refractivity (Wildman–Crippen MR) is 198 cm³/mol.